The van der Waals surface area contributed by atoms with E-state index in [1.54, 1.807) is 23.9 Å². The number of rotatable bonds is 5. The Kier molecular flexibility index (Phi) is 4.55. The van der Waals surface area contributed by atoms with Gasteiger partial charge in [-0.2, -0.15) is 5.10 Å². The van der Waals surface area contributed by atoms with Gasteiger partial charge in [0.15, 0.2) is 5.16 Å². The molecule has 1 aromatic heterocycles. The summed E-state index contributed by atoms with van der Waals surface area (Å²) in [5, 5.41) is 7.90. The fourth-order valence-electron chi connectivity index (χ4n) is 1.54. The van der Waals surface area contributed by atoms with Crippen molar-refractivity contribution in [2.75, 3.05) is 0 Å². The number of aryl methyl sites for hydroxylation is 1. The maximum absolute atomic E-state index is 14.0. The first-order valence-corrected chi connectivity index (χ1v) is 6.91. The Bertz CT molecular complexity index is 553. The molecule has 4 nitrogen and oxygen atoms in total. The first-order valence-electron chi connectivity index (χ1n) is 6.10. The molecule has 0 aliphatic heterocycles. The molecule has 0 saturated heterocycles. The first-order chi connectivity index (χ1) is 9.06. The van der Waals surface area contributed by atoms with Crippen LogP contribution < -0.4 is 5.32 Å². The molecule has 0 fully saturated rings. The van der Waals surface area contributed by atoms with Crippen molar-refractivity contribution in [2.24, 2.45) is 7.05 Å². The van der Waals surface area contributed by atoms with Crippen LogP contribution in [0.2, 0.25) is 0 Å². The minimum Gasteiger partial charge on any atom is -0.310 e. The summed E-state index contributed by atoms with van der Waals surface area (Å²) in [6.07, 6.45) is 1.46. The maximum Gasteiger partial charge on any atom is 0.190 e. The first kappa shape index (κ1) is 14.0. The molecule has 0 aliphatic rings. The van der Waals surface area contributed by atoms with Gasteiger partial charge in [-0.3, -0.25) is 0 Å². The van der Waals surface area contributed by atoms with Crippen LogP contribution in [0, 0.1) is 5.82 Å². The maximum atomic E-state index is 14.0. The van der Waals surface area contributed by atoms with E-state index in [0.717, 1.165) is 5.56 Å². The van der Waals surface area contributed by atoms with E-state index in [1.807, 2.05) is 6.07 Å². The number of hydrogen-bond acceptors (Lipinski definition) is 4. The van der Waals surface area contributed by atoms with Gasteiger partial charge < -0.3 is 5.32 Å². The molecule has 0 unspecified atom stereocenters. The lowest BCUT2D eigenvalue weighted by atomic mass is 10.2. The van der Waals surface area contributed by atoms with E-state index in [0.29, 0.717) is 22.6 Å². The van der Waals surface area contributed by atoms with Crippen molar-refractivity contribution in [3.63, 3.8) is 0 Å². The van der Waals surface area contributed by atoms with Crippen LogP contribution >= 0.6 is 11.8 Å². The molecule has 2 rings (SSSR count). The second-order valence-electron chi connectivity index (χ2n) is 4.57. The van der Waals surface area contributed by atoms with E-state index in [1.165, 1.54) is 18.1 Å². The minimum atomic E-state index is -0.226. The van der Waals surface area contributed by atoms with Crippen molar-refractivity contribution in [3.05, 3.63) is 35.9 Å². The third kappa shape index (κ3) is 3.78. The molecule has 1 aromatic carbocycles. The van der Waals surface area contributed by atoms with Crippen LogP contribution in [0.4, 0.5) is 4.39 Å². The quantitative estimate of drug-likeness (QED) is 0.914. The predicted molar refractivity (Wildman–Crippen MR) is 73.5 cm³/mol. The molecule has 1 N–H and O–H groups in total. The normalized spacial score (nSPS) is 11.2. The Hall–Kier alpha value is -1.40. The van der Waals surface area contributed by atoms with Gasteiger partial charge in [0.2, 0.25) is 0 Å². The fourth-order valence-corrected chi connectivity index (χ4v) is 2.30. The summed E-state index contributed by atoms with van der Waals surface area (Å²) in [6.45, 7) is 4.80. The van der Waals surface area contributed by atoms with Crippen molar-refractivity contribution >= 4 is 11.8 Å². The number of nitrogens with zero attached hydrogens (tertiary/aromatic N) is 3. The Morgan fingerprint density at radius 3 is 2.79 bits per heavy atom. The van der Waals surface area contributed by atoms with Crippen molar-refractivity contribution in [1.29, 1.82) is 0 Å². The van der Waals surface area contributed by atoms with E-state index >= 15 is 0 Å². The highest BCUT2D eigenvalue weighted by Crippen LogP contribution is 2.28. The second-order valence-corrected chi connectivity index (χ2v) is 5.58. The SMILES string of the molecule is CC(C)NCc1ccc(Sc2ncnn2C)c(F)c1. The predicted octanol–water partition coefficient (Wildman–Crippen LogP) is 2.60. The third-order valence-electron chi connectivity index (χ3n) is 2.58. The van der Waals surface area contributed by atoms with E-state index < -0.39 is 0 Å². The van der Waals surface area contributed by atoms with Crippen LogP contribution in [0.3, 0.4) is 0 Å². The Morgan fingerprint density at radius 2 is 2.21 bits per heavy atom. The van der Waals surface area contributed by atoms with Gasteiger partial charge in [0.1, 0.15) is 12.1 Å². The standard InChI is InChI=1S/C13H17FN4S/c1-9(2)15-7-10-4-5-12(11(14)6-10)19-13-16-8-17-18(13)3/h4-6,8-9,15H,7H2,1-3H3. The number of nitrogens with one attached hydrogen (secondary N) is 1. The van der Waals surface area contributed by atoms with Gasteiger partial charge in [0.05, 0.1) is 4.90 Å². The Balaban J connectivity index is 2.09. The average Bonchev–Trinajstić information content (AvgIpc) is 2.75. The molecule has 0 bridgehead atoms. The van der Waals surface area contributed by atoms with E-state index in [-0.39, 0.29) is 5.82 Å². The summed E-state index contributed by atoms with van der Waals surface area (Å²) in [6, 6.07) is 5.66. The molecule has 0 aliphatic carbocycles. The molecule has 0 amide bonds. The highest BCUT2D eigenvalue weighted by Gasteiger charge is 2.09. The summed E-state index contributed by atoms with van der Waals surface area (Å²) in [7, 11) is 1.79. The molecule has 19 heavy (non-hydrogen) atoms. The summed E-state index contributed by atoms with van der Waals surface area (Å²) in [5.74, 6) is -0.226. The summed E-state index contributed by atoms with van der Waals surface area (Å²) in [5.41, 5.74) is 0.938. The molecular formula is C13H17FN4S. The lowest BCUT2D eigenvalue weighted by Crippen LogP contribution is -2.21. The molecule has 0 saturated carbocycles. The van der Waals surface area contributed by atoms with Crippen molar-refractivity contribution < 1.29 is 4.39 Å². The number of benzene rings is 1. The lowest BCUT2D eigenvalue weighted by molar-refractivity contribution is 0.574. The number of aromatic nitrogens is 3. The van der Waals surface area contributed by atoms with Crippen LogP contribution in [0.25, 0.3) is 0 Å². The van der Waals surface area contributed by atoms with Gasteiger partial charge in [-0.15, -0.1) is 0 Å². The van der Waals surface area contributed by atoms with Crippen LogP contribution in [-0.2, 0) is 13.6 Å². The largest absolute Gasteiger partial charge is 0.310 e. The van der Waals surface area contributed by atoms with Gasteiger partial charge in [-0.25, -0.2) is 14.1 Å². The van der Waals surface area contributed by atoms with Crippen LogP contribution in [-0.4, -0.2) is 20.8 Å². The van der Waals surface area contributed by atoms with E-state index in [4.69, 9.17) is 0 Å². The molecule has 0 atom stereocenters. The lowest BCUT2D eigenvalue weighted by Gasteiger charge is -2.09. The average molecular weight is 280 g/mol. The van der Waals surface area contributed by atoms with Crippen LogP contribution in [0.15, 0.2) is 34.6 Å². The van der Waals surface area contributed by atoms with Gasteiger partial charge in [-0.05, 0) is 29.5 Å². The molecule has 0 spiro atoms. The minimum absolute atomic E-state index is 0.226. The highest BCUT2D eigenvalue weighted by atomic mass is 32.2. The number of hydrogen-bond donors (Lipinski definition) is 1. The fraction of sp³-hybridized carbons (Fsp3) is 0.385. The zero-order chi connectivity index (χ0) is 13.8. The molecule has 6 heteroatoms. The van der Waals surface area contributed by atoms with E-state index in [2.05, 4.69) is 29.2 Å². The van der Waals surface area contributed by atoms with Crippen molar-refractivity contribution in [3.8, 4) is 0 Å². The van der Waals surface area contributed by atoms with Gasteiger partial charge >= 0.3 is 0 Å². The summed E-state index contributed by atoms with van der Waals surface area (Å²) >= 11 is 1.27. The summed E-state index contributed by atoms with van der Waals surface area (Å²) < 4.78 is 15.6. The summed E-state index contributed by atoms with van der Waals surface area (Å²) in [4.78, 5) is 4.63. The van der Waals surface area contributed by atoms with Gasteiger partial charge in [0.25, 0.3) is 0 Å². The molecular weight excluding hydrogens is 263 g/mol. The zero-order valence-corrected chi connectivity index (χ0v) is 12.0. The van der Waals surface area contributed by atoms with Crippen molar-refractivity contribution in [2.45, 2.75) is 36.5 Å². The smallest absolute Gasteiger partial charge is 0.190 e. The number of halogens is 1. The monoisotopic (exact) mass is 280 g/mol. The molecule has 2 aromatic rings. The van der Waals surface area contributed by atoms with Crippen molar-refractivity contribution in [1.82, 2.24) is 20.1 Å². The van der Waals surface area contributed by atoms with Crippen LogP contribution in [0.1, 0.15) is 19.4 Å². The van der Waals surface area contributed by atoms with Gasteiger partial charge in [-0.1, -0.05) is 19.9 Å². The van der Waals surface area contributed by atoms with Crippen LogP contribution in [0.5, 0.6) is 0 Å². The molecule has 102 valence electrons. The third-order valence-corrected chi connectivity index (χ3v) is 3.69. The van der Waals surface area contributed by atoms with E-state index in [9.17, 15) is 4.39 Å². The van der Waals surface area contributed by atoms with Gasteiger partial charge in [0, 0.05) is 19.6 Å². The topological polar surface area (TPSA) is 42.7 Å². The molecule has 0 radical (unpaired) electrons. The Morgan fingerprint density at radius 1 is 1.42 bits per heavy atom. The zero-order valence-electron chi connectivity index (χ0n) is 11.2. The Labute approximate surface area is 116 Å². The highest BCUT2D eigenvalue weighted by molar-refractivity contribution is 7.99. The second kappa shape index (κ2) is 6.16. The molecule has 1 heterocycles.